The summed E-state index contributed by atoms with van der Waals surface area (Å²) in [5.74, 6) is -0.326. The maximum Gasteiger partial charge on any atom is 0.311 e. The number of hydrogen-bond acceptors (Lipinski definition) is 17. The van der Waals surface area contributed by atoms with Gasteiger partial charge in [-0.05, 0) is 181 Å². The van der Waals surface area contributed by atoms with E-state index >= 15 is 0 Å². The molecule has 20 heteroatoms. The van der Waals surface area contributed by atoms with E-state index in [2.05, 4.69) is 79.4 Å². The fourth-order valence-corrected chi connectivity index (χ4v) is 12.0. The van der Waals surface area contributed by atoms with Crippen LogP contribution in [0.5, 0.6) is 0 Å². The molecule has 0 spiro atoms. The van der Waals surface area contributed by atoms with Gasteiger partial charge in [-0.2, -0.15) is 0 Å². The van der Waals surface area contributed by atoms with Crippen molar-refractivity contribution in [3.63, 3.8) is 0 Å². The summed E-state index contributed by atoms with van der Waals surface area (Å²) < 4.78 is 60.1. The molecule has 5 aliphatic heterocycles. The van der Waals surface area contributed by atoms with Gasteiger partial charge in [-0.15, -0.1) is 0 Å². The third kappa shape index (κ3) is 28.4. The van der Waals surface area contributed by atoms with Crippen LogP contribution in [0.3, 0.4) is 0 Å². The van der Waals surface area contributed by atoms with Crippen molar-refractivity contribution in [3.8, 4) is 0 Å². The van der Waals surface area contributed by atoms with E-state index in [-0.39, 0.29) is 117 Å². The first-order valence-corrected chi connectivity index (χ1v) is 37.0. The summed E-state index contributed by atoms with van der Waals surface area (Å²) in [4.78, 5) is 57.3. The summed E-state index contributed by atoms with van der Waals surface area (Å²) in [6.07, 6.45) is 12.9. The molecule has 0 bridgehead atoms. The van der Waals surface area contributed by atoms with Gasteiger partial charge in [-0.25, -0.2) is 0 Å². The Hall–Kier alpha value is -1.93. The van der Waals surface area contributed by atoms with Crippen LogP contribution in [0.2, 0.25) is 36.3 Å². The Morgan fingerprint density at radius 3 is 1.33 bits per heavy atom. The number of carbonyl (C=O) groups excluding carboxylic acids is 5. The van der Waals surface area contributed by atoms with E-state index in [4.69, 9.17) is 52.9 Å². The number of fused-ring (bicyclic) bond motifs is 2. The molecule has 0 aromatic carbocycles. The molecular weight excluding hydrogens is 1210 g/mol. The molecule has 0 radical (unpaired) electrons. The second kappa shape index (κ2) is 36.2. The van der Waals surface area contributed by atoms with Crippen molar-refractivity contribution in [2.24, 2.45) is 28.4 Å². The number of Topliss-reactive ketones (excluding diaryl/α,β-unsaturated/α-hetero) is 1. The number of esters is 3. The maximum absolute atomic E-state index is 12.1. The summed E-state index contributed by atoms with van der Waals surface area (Å²) in [7, 11) is -3.94. The smallest absolute Gasteiger partial charge is 0.311 e. The van der Waals surface area contributed by atoms with Crippen LogP contribution in [-0.4, -0.2) is 145 Å². The van der Waals surface area contributed by atoms with E-state index in [1.807, 2.05) is 48.5 Å². The molecule has 0 aromatic heterocycles. The number of aliphatic hydroxyl groups excluding tert-OH is 1. The molecule has 0 aromatic rings. The minimum absolute atomic E-state index is 0. The van der Waals surface area contributed by atoms with E-state index in [9.17, 15) is 24.0 Å². The van der Waals surface area contributed by atoms with Gasteiger partial charge in [0.2, 0.25) is 0 Å². The van der Waals surface area contributed by atoms with E-state index in [0.29, 0.717) is 38.7 Å². The maximum atomic E-state index is 12.1. The molecular formula is C65H124NO16PdSi2-. The first kappa shape index (κ1) is 83.1. The normalized spacial score (nSPS) is 26.8. The molecule has 0 saturated carbocycles. The average molecular weight is 1340 g/mol. The number of ketones is 2. The van der Waals surface area contributed by atoms with Gasteiger partial charge in [0.1, 0.15) is 17.0 Å². The van der Waals surface area contributed by atoms with Crippen molar-refractivity contribution in [2.75, 3.05) is 39.6 Å². The Labute approximate surface area is 533 Å². The van der Waals surface area contributed by atoms with Crippen LogP contribution in [0, 0.1) is 30.1 Å². The van der Waals surface area contributed by atoms with Gasteiger partial charge in [0.15, 0.2) is 28.7 Å². The van der Waals surface area contributed by atoms with Crippen LogP contribution in [0.1, 0.15) is 216 Å². The number of ether oxygens (including phenoxy) is 8. The predicted molar refractivity (Wildman–Crippen MR) is 339 cm³/mol. The quantitative estimate of drug-likeness (QED) is 0.0257. The van der Waals surface area contributed by atoms with Crippen molar-refractivity contribution in [1.29, 1.82) is 0 Å². The summed E-state index contributed by atoms with van der Waals surface area (Å²) in [5.41, 5.74) is 4.85. The number of aliphatic hydroxyl groups is 1. The van der Waals surface area contributed by atoms with Gasteiger partial charge >= 0.3 is 17.9 Å². The molecule has 1 unspecified atom stereocenters. The molecule has 504 valence electrons. The van der Waals surface area contributed by atoms with Gasteiger partial charge in [0.25, 0.3) is 0 Å². The summed E-state index contributed by atoms with van der Waals surface area (Å²) in [6, 6.07) is 0. The first-order valence-electron chi connectivity index (χ1n) is 31.2. The van der Waals surface area contributed by atoms with E-state index < -0.39 is 45.0 Å². The Morgan fingerprint density at radius 1 is 0.647 bits per heavy atom. The zero-order valence-electron chi connectivity index (χ0n) is 57.4. The molecule has 3 N–H and O–H groups in total. The number of allylic oxidation sites excluding steroid dienone is 2. The Kier molecular flexibility index (Phi) is 35.4. The van der Waals surface area contributed by atoms with Crippen molar-refractivity contribution < 1.29 is 97.7 Å². The number of nitrogens with two attached hydrogens (primary N) is 1. The molecule has 5 heterocycles. The molecule has 85 heavy (non-hydrogen) atoms. The van der Waals surface area contributed by atoms with Gasteiger partial charge in [0, 0.05) is 66.3 Å². The van der Waals surface area contributed by atoms with Gasteiger partial charge in [-0.1, -0.05) is 55.4 Å². The number of hydrogen-bond donors (Lipinski definition) is 2. The van der Waals surface area contributed by atoms with Crippen molar-refractivity contribution in [3.05, 3.63) is 19.2 Å². The topological polar surface area (TPSA) is 224 Å². The van der Waals surface area contributed by atoms with E-state index in [1.54, 1.807) is 13.8 Å². The molecule has 5 saturated heterocycles. The SMILES string of the molecule is CC(=O)/C=C(\N)[C@H](C)C[C@H]1CC[C@@H]2O[C@@H](CCCOC(=O)C(C)(C)C)C[C@]2(CO[Si](C)(C)C(C)(C)C)O1.CC(=O)[C@H](C)C[C@H]1CC[C@@H]2O[C@@H](CCCOC(=O)C(C)(C)C)C[C@]2(CO[Si](C)(C)C(C)(C)C)O1.CCOC(C)=O.OC1CCCO1.[CH3-].[HH].[Pd]. The van der Waals surface area contributed by atoms with Gasteiger partial charge in [0.05, 0.1) is 80.5 Å². The molecule has 5 rings (SSSR count). The minimum atomic E-state index is -1.99. The molecule has 5 aliphatic rings. The summed E-state index contributed by atoms with van der Waals surface area (Å²) >= 11 is 0. The number of carbonyl (C=O) groups is 5. The van der Waals surface area contributed by atoms with Crippen LogP contribution in [0.25, 0.3) is 0 Å². The predicted octanol–water partition coefficient (Wildman–Crippen LogP) is 13.4. The van der Waals surface area contributed by atoms with Crippen LogP contribution in [-0.2, 0) is 91.1 Å². The van der Waals surface area contributed by atoms with E-state index in [0.717, 1.165) is 96.5 Å². The molecule has 0 aliphatic carbocycles. The zero-order chi connectivity index (χ0) is 63.6. The molecule has 5 fully saturated rings. The van der Waals surface area contributed by atoms with Crippen LogP contribution in [0.15, 0.2) is 11.8 Å². The second-order valence-electron chi connectivity index (χ2n) is 29.4. The van der Waals surface area contributed by atoms with Crippen LogP contribution < -0.4 is 5.73 Å². The summed E-state index contributed by atoms with van der Waals surface area (Å²) in [6.45, 7) is 47.3. The molecule has 11 atom stereocenters. The van der Waals surface area contributed by atoms with Crippen molar-refractivity contribution in [1.82, 2.24) is 0 Å². The Bertz CT molecular complexity index is 2060. The summed E-state index contributed by atoms with van der Waals surface area (Å²) in [5, 5.41) is 8.72. The van der Waals surface area contributed by atoms with Gasteiger partial charge in [-0.3, -0.25) is 24.0 Å². The minimum Gasteiger partial charge on any atom is -0.466 e. The third-order valence-electron chi connectivity index (χ3n) is 17.5. The fourth-order valence-electron chi connectivity index (χ4n) is 9.91. The van der Waals surface area contributed by atoms with Crippen LogP contribution >= 0.6 is 0 Å². The Morgan fingerprint density at radius 2 is 1.05 bits per heavy atom. The van der Waals surface area contributed by atoms with Crippen molar-refractivity contribution >= 4 is 46.1 Å². The first-order chi connectivity index (χ1) is 38.0. The second-order valence-corrected chi connectivity index (χ2v) is 39.0. The number of rotatable bonds is 22. The monoisotopic (exact) mass is 1340 g/mol. The Balaban J connectivity index is 0. The van der Waals surface area contributed by atoms with Gasteiger partial charge < -0.3 is 65.0 Å². The van der Waals surface area contributed by atoms with Crippen molar-refractivity contribution in [2.45, 2.75) is 305 Å². The molecule has 17 nitrogen and oxygen atoms in total. The van der Waals surface area contributed by atoms with E-state index in [1.165, 1.54) is 19.9 Å². The standard InChI is InChI=1S/C29H53NO6Si.C27H50O6Si.2C4H8O2.CH3.Pd.H2/c1-20(24(30)17-21(2)31)16-22-13-14-25-29(36-22,19-34-37(9,10)28(6,7)8)18-23(35-25)12-11-15-33-26(32)27(3,4)5;1-19(20(2)28)16-21-13-14-23-27(33-21,18-31-34(9,10)26(6,7)8)17-22(32-23)12-11-15-30-24(29)25(3,4)5;5-4-2-1-3-6-4;1-3-6-4(2)5;;;/h17,20,22-23,25H,11-16,18-19,30H2,1-10H3;19,21-23H,11-18H2,1-10H3;4-5H,1-3H2;3H2,1-2H3;1H3;;1H/q;;;;-1;;/b24-17-;;;;;;/t20-,22-,23+,25+,29-;19-,21-,22+,23+,27-;;;;;/m11...../s1. The largest absolute Gasteiger partial charge is 0.466 e. The fraction of sp³-hybridized carbons (Fsp3) is 0.877. The third-order valence-corrected chi connectivity index (χ3v) is 26.4. The average Bonchev–Trinajstić information content (AvgIpc) is 2.49. The van der Waals surface area contributed by atoms with Crippen LogP contribution in [0.4, 0.5) is 0 Å². The molecule has 0 amide bonds. The zero-order valence-corrected chi connectivity index (χ0v) is 60.9.